The van der Waals surface area contributed by atoms with Crippen molar-refractivity contribution in [2.45, 2.75) is 116 Å². The minimum atomic E-state index is -4.48. The number of carbonyl (C=O) groups excluding carboxylic acids is 1. The van der Waals surface area contributed by atoms with Crippen molar-refractivity contribution < 1.29 is 21.9 Å². The molecule has 0 aliphatic heterocycles. The van der Waals surface area contributed by atoms with Gasteiger partial charge in [-0.1, -0.05) is 90.4 Å². The van der Waals surface area contributed by atoms with E-state index < -0.39 is 10.4 Å². The molecule has 0 spiro atoms. The van der Waals surface area contributed by atoms with Crippen molar-refractivity contribution in [1.82, 2.24) is 5.32 Å². The molecule has 0 unspecified atom stereocenters. The fourth-order valence-corrected chi connectivity index (χ4v) is 4.39. The molecule has 1 aliphatic rings. The highest BCUT2D eigenvalue weighted by molar-refractivity contribution is 7.80. The van der Waals surface area contributed by atoms with E-state index in [0.717, 1.165) is 32.1 Å². The summed E-state index contributed by atoms with van der Waals surface area (Å²) in [5, 5.41) is 2.92. The van der Waals surface area contributed by atoms with E-state index in [9.17, 15) is 13.2 Å². The quantitative estimate of drug-likeness (QED) is 0.265. The zero-order chi connectivity index (χ0) is 20.7. The maximum atomic E-state index is 12.2. The van der Waals surface area contributed by atoms with E-state index in [-0.39, 0.29) is 18.6 Å². The van der Waals surface area contributed by atoms with E-state index in [1.807, 2.05) is 0 Å². The number of carbonyl (C=O) groups is 1. The van der Waals surface area contributed by atoms with Crippen molar-refractivity contribution in [2.75, 3.05) is 6.61 Å². The van der Waals surface area contributed by atoms with Gasteiger partial charge in [-0.25, -0.2) is 4.18 Å². The van der Waals surface area contributed by atoms with E-state index >= 15 is 0 Å². The van der Waals surface area contributed by atoms with E-state index in [0.29, 0.717) is 18.8 Å². The number of hydrogen-bond donors (Lipinski definition) is 2. The molecule has 1 aliphatic carbocycles. The molecule has 6 nitrogen and oxygen atoms in total. The van der Waals surface area contributed by atoms with Crippen molar-refractivity contribution in [3.63, 3.8) is 0 Å². The van der Waals surface area contributed by atoms with Crippen LogP contribution in [0.2, 0.25) is 0 Å². The van der Waals surface area contributed by atoms with Gasteiger partial charge < -0.3 is 5.32 Å². The summed E-state index contributed by atoms with van der Waals surface area (Å²) in [4.78, 5) is 12.2. The van der Waals surface area contributed by atoms with Crippen LogP contribution in [0.25, 0.3) is 0 Å². The van der Waals surface area contributed by atoms with Crippen molar-refractivity contribution in [3.05, 3.63) is 0 Å². The molecule has 0 aromatic heterocycles. The standard InChI is InChI=1S/C21H41NO5S/c1-2-3-4-5-6-7-8-9-13-16-21(23)22-20(18-27-28(24,25)26)17-19-14-11-10-12-15-19/h19-20H,2-18H2,1H3,(H,22,23)(H,24,25,26)/t20-/m0/s1. The van der Waals surface area contributed by atoms with Crippen LogP contribution in [0.3, 0.4) is 0 Å². The van der Waals surface area contributed by atoms with Gasteiger partial charge in [-0.3, -0.25) is 9.35 Å². The molecule has 7 heteroatoms. The van der Waals surface area contributed by atoms with Crippen LogP contribution in [0, 0.1) is 5.92 Å². The van der Waals surface area contributed by atoms with Gasteiger partial charge in [0.15, 0.2) is 0 Å². The van der Waals surface area contributed by atoms with E-state index in [4.69, 9.17) is 4.55 Å². The molecule has 0 radical (unpaired) electrons. The van der Waals surface area contributed by atoms with Gasteiger partial charge >= 0.3 is 10.4 Å². The highest BCUT2D eigenvalue weighted by Crippen LogP contribution is 2.27. The van der Waals surface area contributed by atoms with Gasteiger partial charge in [0.25, 0.3) is 0 Å². The van der Waals surface area contributed by atoms with Gasteiger partial charge in [0.05, 0.1) is 12.6 Å². The normalized spacial score (nSPS) is 16.8. The van der Waals surface area contributed by atoms with Crippen molar-refractivity contribution in [3.8, 4) is 0 Å². The first-order valence-corrected chi connectivity index (χ1v) is 12.7. The van der Waals surface area contributed by atoms with E-state index in [1.165, 1.54) is 57.8 Å². The molecule has 1 saturated carbocycles. The number of rotatable bonds is 16. The lowest BCUT2D eigenvalue weighted by molar-refractivity contribution is -0.122. The fourth-order valence-electron chi connectivity index (χ4n) is 4.06. The maximum absolute atomic E-state index is 12.2. The first-order valence-electron chi connectivity index (χ1n) is 11.3. The van der Waals surface area contributed by atoms with E-state index in [1.54, 1.807) is 0 Å². The van der Waals surface area contributed by atoms with Gasteiger partial charge in [-0.05, 0) is 18.8 Å². The lowest BCUT2D eigenvalue weighted by atomic mass is 9.85. The Balaban J connectivity index is 2.23. The molecule has 166 valence electrons. The Bertz CT molecular complexity index is 503. The van der Waals surface area contributed by atoms with Crippen LogP contribution in [-0.4, -0.2) is 31.5 Å². The van der Waals surface area contributed by atoms with Crippen LogP contribution in [0.4, 0.5) is 0 Å². The minimum Gasteiger partial charge on any atom is -0.351 e. The Morgan fingerprint density at radius 3 is 2.14 bits per heavy atom. The molecular formula is C21H41NO5S. The molecule has 0 saturated heterocycles. The third-order valence-corrected chi connectivity index (χ3v) is 6.07. The third kappa shape index (κ3) is 14.4. The van der Waals surface area contributed by atoms with Gasteiger partial charge in [0, 0.05) is 6.42 Å². The Kier molecular flexibility index (Phi) is 13.8. The van der Waals surface area contributed by atoms with E-state index in [2.05, 4.69) is 16.4 Å². The Morgan fingerprint density at radius 1 is 1.00 bits per heavy atom. The second kappa shape index (κ2) is 15.2. The summed E-state index contributed by atoms with van der Waals surface area (Å²) in [6.07, 6.45) is 17.8. The van der Waals surface area contributed by atoms with Gasteiger partial charge in [-0.15, -0.1) is 0 Å². The molecule has 0 aromatic carbocycles. The van der Waals surface area contributed by atoms with Crippen LogP contribution in [0.15, 0.2) is 0 Å². The summed E-state index contributed by atoms with van der Waals surface area (Å²) < 4.78 is 35.2. The van der Waals surface area contributed by atoms with Crippen LogP contribution >= 0.6 is 0 Å². The Labute approximate surface area is 172 Å². The second-order valence-electron chi connectivity index (χ2n) is 8.29. The molecule has 1 rings (SSSR count). The van der Waals surface area contributed by atoms with Gasteiger partial charge in [-0.2, -0.15) is 8.42 Å². The second-order valence-corrected chi connectivity index (χ2v) is 9.39. The predicted octanol–water partition coefficient (Wildman–Crippen LogP) is 5.18. The summed E-state index contributed by atoms with van der Waals surface area (Å²) in [6.45, 7) is 2.03. The zero-order valence-corrected chi connectivity index (χ0v) is 18.5. The molecule has 0 bridgehead atoms. The van der Waals surface area contributed by atoms with Crippen LogP contribution < -0.4 is 5.32 Å². The van der Waals surface area contributed by atoms with Crippen molar-refractivity contribution >= 4 is 16.3 Å². The van der Waals surface area contributed by atoms with Gasteiger partial charge in [0.1, 0.15) is 0 Å². The maximum Gasteiger partial charge on any atom is 0.397 e. The smallest absolute Gasteiger partial charge is 0.351 e. The predicted molar refractivity (Wildman–Crippen MR) is 112 cm³/mol. The van der Waals surface area contributed by atoms with Crippen LogP contribution in [0.1, 0.15) is 110 Å². The summed E-state index contributed by atoms with van der Waals surface area (Å²) >= 11 is 0. The molecule has 1 amide bonds. The molecule has 2 N–H and O–H groups in total. The average Bonchev–Trinajstić information content (AvgIpc) is 2.65. The monoisotopic (exact) mass is 419 g/mol. The molecule has 1 atom stereocenters. The lowest BCUT2D eigenvalue weighted by Crippen LogP contribution is -2.40. The fraction of sp³-hybridized carbons (Fsp3) is 0.952. The number of unbranched alkanes of at least 4 members (excludes halogenated alkanes) is 8. The largest absolute Gasteiger partial charge is 0.397 e. The third-order valence-electron chi connectivity index (χ3n) is 5.63. The SMILES string of the molecule is CCCCCCCCCCCC(=O)N[C@H](COS(=O)(=O)O)CC1CCCCC1. The molecule has 0 heterocycles. The van der Waals surface area contributed by atoms with Crippen LogP contribution in [-0.2, 0) is 19.4 Å². The average molecular weight is 420 g/mol. The molecule has 28 heavy (non-hydrogen) atoms. The summed E-state index contributed by atoms with van der Waals surface area (Å²) in [5.41, 5.74) is 0. The van der Waals surface area contributed by atoms with Gasteiger partial charge in [0.2, 0.25) is 5.91 Å². The van der Waals surface area contributed by atoms with Crippen LogP contribution in [0.5, 0.6) is 0 Å². The molecule has 0 aromatic rings. The Hall–Kier alpha value is -0.660. The topological polar surface area (TPSA) is 92.7 Å². The summed E-state index contributed by atoms with van der Waals surface area (Å²) in [6, 6.07) is -0.365. The highest BCUT2D eigenvalue weighted by Gasteiger charge is 2.22. The molecular weight excluding hydrogens is 378 g/mol. The number of amides is 1. The zero-order valence-electron chi connectivity index (χ0n) is 17.7. The highest BCUT2D eigenvalue weighted by atomic mass is 32.3. The molecule has 1 fully saturated rings. The van der Waals surface area contributed by atoms with Crippen molar-refractivity contribution in [2.24, 2.45) is 5.92 Å². The first-order chi connectivity index (χ1) is 13.4. The minimum absolute atomic E-state index is 0.0531. The number of nitrogens with one attached hydrogen (secondary N) is 1. The Morgan fingerprint density at radius 2 is 1.57 bits per heavy atom. The number of hydrogen-bond acceptors (Lipinski definition) is 4. The van der Waals surface area contributed by atoms with Crippen molar-refractivity contribution in [1.29, 1.82) is 0 Å². The summed E-state index contributed by atoms with van der Waals surface area (Å²) in [5.74, 6) is 0.430. The summed E-state index contributed by atoms with van der Waals surface area (Å²) in [7, 11) is -4.48. The first kappa shape index (κ1) is 25.4. The lowest BCUT2D eigenvalue weighted by Gasteiger charge is -2.26.